The van der Waals surface area contributed by atoms with Gasteiger partial charge in [0, 0.05) is 19.1 Å². The Balaban J connectivity index is 1.80. The largest absolute Gasteiger partial charge is 0.497 e. The number of sulfonamides is 1. The van der Waals surface area contributed by atoms with Gasteiger partial charge in [-0.25, -0.2) is 8.42 Å². The maximum Gasteiger partial charge on any atom is 0.243 e. The number of fused-ring (bicyclic) bond motifs is 1. The minimum Gasteiger partial charge on any atom is -0.497 e. The third kappa shape index (κ3) is 2.43. The molecule has 20 heavy (non-hydrogen) atoms. The lowest BCUT2D eigenvalue weighted by Gasteiger charge is -2.34. The lowest BCUT2D eigenvalue weighted by molar-refractivity contribution is 0.247. The highest BCUT2D eigenvalue weighted by molar-refractivity contribution is 7.89. The van der Waals surface area contributed by atoms with Crippen molar-refractivity contribution in [3.8, 4) is 5.75 Å². The molecule has 2 saturated heterocycles. The van der Waals surface area contributed by atoms with E-state index in [1.165, 1.54) is 0 Å². The highest BCUT2D eigenvalue weighted by Crippen LogP contribution is 2.29. The smallest absolute Gasteiger partial charge is 0.243 e. The van der Waals surface area contributed by atoms with Gasteiger partial charge in [0.1, 0.15) is 5.75 Å². The zero-order valence-corrected chi connectivity index (χ0v) is 12.4. The molecule has 1 N–H and O–H groups in total. The van der Waals surface area contributed by atoms with Crippen molar-refractivity contribution in [1.82, 2.24) is 9.62 Å². The summed E-state index contributed by atoms with van der Waals surface area (Å²) in [5.74, 6) is 1.12. The van der Waals surface area contributed by atoms with E-state index in [-0.39, 0.29) is 0 Å². The fraction of sp³-hybridized carbons (Fsp3) is 0.571. The van der Waals surface area contributed by atoms with Crippen LogP contribution in [0, 0.1) is 5.92 Å². The molecule has 0 saturated carbocycles. The molecule has 0 amide bonds. The summed E-state index contributed by atoms with van der Waals surface area (Å²) in [7, 11) is -1.80. The van der Waals surface area contributed by atoms with Crippen LogP contribution in [-0.2, 0) is 10.0 Å². The number of methoxy groups -OCH3 is 1. The number of nitrogens with one attached hydrogen (secondary N) is 1. The van der Waals surface area contributed by atoms with E-state index in [2.05, 4.69) is 5.32 Å². The van der Waals surface area contributed by atoms with Crippen LogP contribution in [0.5, 0.6) is 5.75 Å². The van der Waals surface area contributed by atoms with Crippen LogP contribution in [0.25, 0.3) is 0 Å². The number of benzene rings is 1. The Bertz CT molecular complexity index is 571. The molecule has 110 valence electrons. The third-order valence-corrected chi connectivity index (χ3v) is 6.19. The summed E-state index contributed by atoms with van der Waals surface area (Å²) in [6.07, 6.45) is 1.97. The Hall–Kier alpha value is -1.11. The van der Waals surface area contributed by atoms with Gasteiger partial charge in [0.25, 0.3) is 0 Å². The van der Waals surface area contributed by atoms with Crippen molar-refractivity contribution >= 4 is 10.0 Å². The van der Waals surface area contributed by atoms with Gasteiger partial charge in [0.05, 0.1) is 12.0 Å². The standard InChI is InChI=1S/C14H20N2O3S/c1-19-12-2-4-13(5-3-12)20(17,18)16-9-7-14-11(10-16)6-8-15-14/h2-5,11,14-15H,6-10H2,1H3. The van der Waals surface area contributed by atoms with Crippen LogP contribution >= 0.6 is 0 Å². The van der Waals surface area contributed by atoms with Crippen molar-refractivity contribution in [3.63, 3.8) is 0 Å². The summed E-state index contributed by atoms with van der Waals surface area (Å²) in [4.78, 5) is 0.350. The van der Waals surface area contributed by atoms with Crippen molar-refractivity contribution in [2.75, 3.05) is 26.7 Å². The molecule has 2 aliphatic rings. The number of hydrogen-bond donors (Lipinski definition) is 1. The maximum absolute atomic E-state index is 12.6. The molecule has 1 aromatic rings. The Labute approximate surface area is 120 Å². The monoisotopic (exact) mass is 296 g/mol. The second kappa shape index (κ2) is 5.35. The lowest BCUT2D eigenvalue weighted by atomic mass is 9.95. The normalized spacial score (nSPS) is 27.2. The first-order valence-corrected chi connectivity index (χ1v) is 8.43. The Morgan fingerprint density at radius 1 is 1.25 bits per heavy atom. The number of rotatable bonds is 3. The molecule has 2 aliphatic heterocycles. The molecule has 0 bridgehead atoms. The van der Waals surface area contributed by atoms with Gasteiger partial charge in [-0.2, -0.15) is 4.31 Å². The van der Waals surface area contributed by atoms with Crippen LogP contribution in [-0.4, -0.2) is 45.5 Å². The molecule has 6 heteroatoms. The molecular formula is C14H20N2O3S. The molecule has 1 aromatic carbocycles. The summed E-state index contributed by atoms with van der Waals surface area (Å²) in [6.45, 7) is 2.24. The van der Waals surface area contributed by atoms with Gasteiger partial charge in [0.15, 0.2) is 0 Å². The van der Waals surface area contributed by atoms with Gasteiger partial charge in [-0.1, -0.05) is 0 Å². The SMILES string of the molecule is COc1ccc(S(=O)(=O)N2CCC3NCCC3C2)cc1. The van der Waals surface area contributed by atoms with Gasteiger partial charge in [-0.15, -0.1) is 0 Å². The Kier molecular flexibility index (Phi) is 3.70. The summed E-state index contributed by atoms with van der Waals surface area (Å²) in [5, 5.41) is 3.45. The molecule has 5 nitrogen and oxygen atoms in total. The predicted octanol–water partition coefficient (Wildman–Crippen LogP) is 1.07. The summed E-state index contributed by atoms with van der Waals surface area (Å²) in [5.41, 5.74) is 0. The highest BCUT2D eigenvalue weighted by Gasteiger charge is 2.37. The van der Waals surface area contributed by atoms with E-state index < -0.39 is 10.0 Å². The van der Waals surface area contributed by atoms with Crippen molar-refractivity contribution in [2.45, 2.75) is 23.8 Å². The predicted molar refractivity (Wildman–Crippen MR) is 76.3 cm³/mol. The molecule has 0 aliphatic carbocycles. The van der Waals surface area contributed by atoms with Gasteiger partial charge in [-0.3, -0.25) is 0 Å². The van der Waals surface area contributed by atoms with E-state index in [1.807, 2.05) is 0 Å². The first-order valence-electron chi connectivity index (χ1n) is 6.99. The Morgan fingerprint density at radius 2 is 2.00 bits per heavy atom. The van der Waals surface area contributed by atoms with Crippen LogP contribution in [0.2, 0.25) is 0 Å². The van der Waals surface area contributed by atoms with Gasteiger partial charge < -0.3 is 10.1 Å². The van der Waals surface area contributed by atoms with Crippen LogP contribution in [0.1, 0.15) is 12.8 Å². The second-order valence-electron chi connectivity index (χ2n) is 5.44. The lowest BCUT2D eigenvalue weighted by Crippen LogP contribution is -2.46. The molecule has 2 unspecified atom stereocenters. The van der Waals surface area contributed by atoms with E-state index >= 15 is 0 Å². The molecule has 0 spiro atoms. The van der Waals surface area contributed by atoms with E-state index in [0.29, 0.717) is 35.7 Å². The molecule has 2 heterocycles. The van der Waals surface area contributed by atoms with Crippen LogP contribution < -0.4 is 10.1 Å². The van der Waals surface area contributed by atoms with Crippen LogP contribution in [0.15, 0.2) is 29.2 Å². The minimum atomic E-state index is -3.38. The number of nitrogens with zero attached hydrogens (tertiary/aromatic N) is 1. The van der Waals surface area contributed by atoms with Crippen LogP contribution in [0.4, 0.5) is 0 Å². The number of hydrogen-bond acceptors (Lipinski definition) is 4. The zero-order chi connectivity index (χ0) is 14.2. The van der Waals surface area contributed by atoms with Gasteiger partial charge >= 0.3 is 0 Å². The average Bonchev–Trinajstić information content (AvgIpc) is 2.94. The topological polar surface area (TPSA) is 58.6 Å². The van der Waals surface area contributed by atoms with Crippen molar-refractivity contribution in [3.05, 3.63) is 24.3 Å². The van der Waals surface area contributed by atoms with Gasteiger partial charge in [-0.05, 0) is 49.6 Å². The quantitative estimate of drug-likeness (QED) is 0.906. The Morgan fingerprint density at radius 3 is 2.70 bits per heavy atom. The fourth-order valence-electron chi connectivity index (χ4n) is 3.13. The number of piperidine rings is 1. The van der Waals surface area contributed by atoms with E-state index in [9.17, 15) is 8.42 Å². The second-order valence-corrected chi connectivity index (χ2v) is 7.37. The highest BCUT2D eigenvalue weighted by atomic mass is 32.2. The van der Waals surface area contributed by atoms with E-state index in [4.69, 9.17) is 4.74 Å². The first kappa shape index (κ1) is 13.9. The average molecular weight is 296 g/mol. The summed E-state index contributed by atoms with van der Waals surface area (Å²) >= 11 is 0. The van der Waals surface area contributed by atoms with Crippen molar-refractivity contribution < 1.29 is 13.2 Å². The van der Waals surface area contributed by atoms with E-state index in [1.54, 1.807) is 35.7 Å². The molecule has 0 radical (unpaired) electrons. The third-order valence-electron chi connectivity index (χ3n) is 4.32. The minimum absolute atomic E-state index is 0.350. The molecule has 2 fully saturated rings. The summed E-state index contributed by atoms with van der Waals surface area (Å²) in [6, 6.07) is 7.12. The summed E-state index contributed by atoms with van der Waals surface area (Å²) < 4.78 is 32.0. The number of ether oxygens (including phenoxy) is 1. The van der Waals surface area contributed by atoms with E-state index in [0.717, 1.165) is 19.4 Å². The molecular weight excluding hydrogens is 276 g/mol. The van der Waals surface area contributed by atoms with Gasteiger partial charge in [0.2, 0.25) is 10.0 Å². The maximum atomic E-state index is 12.6. The molecule has 3 rings (SSSR count). The zero-order valence-electron chi connectivity index (χ0n) is 11.6. The van der Waals surface area contributed by atoms with Crippen molar-refractivity contribution in [1.29, 1.82) is 0 Å². The fourth-order valence-corrected chi connectivity index (χ4v) is 4.64. The first-order chi connectivity index (χ1) is 9.61. The van der Waals surface area contributed by atoms with Crippen molar-refractivity contribution in [2.24, 2.45) is 5.92 Å². The molecule has 2 atom stereocenters. The van der Waals surface area contributed by atoms with Crippen LogP contribution in [0.3, 0.4) is 0 Å². The molecule has 0 aromatic heterocycles.